The van der Waals surface area contributed by atoms with Crippen molar-refractivity contribution in [3.63, 3.8) is 0 Å². The summed E-state index contributed by atoms with van der Waals surface area (Å²) in [6.07, 6.45) is 0.126. The van der Waals surface area contributed by atoms with Crippen molar-refractivity contribution in [1.82, 2.24) is 14.9 Å². The molecule has 1 aromatic rings. The second-order valence-corrected chi connectivity index (χ2v) is 7.96. The average molecular weight is 370 g/mol. The normalized spacial score (nSPS) is 11.8. The summed E-state index contributed by atoms with van der Waals surface area (Å²) in [5, 5.41) is 2.82. The number of carbonyl (C=O) groups is 1. The van der Waals surface area contributed by atoms with E-state index in [1.54, 1.807) is 13.8 Å². The highest BCUT2D eigenvalue weighted by atomic mass is 32.2. The lowest BCUT2D eigenvalue weighted by Crippen LogP contribution is -2.36. The van der Waals surface area contributed by atoms with Gasteiger partial charge in [0.2, 0.25) is 15.9 Å². The Hall–Kier alpha value is -1.44. The molecule has 1 rings (SSSR count). The van der Waals surface area contributed by atoms with E-state index in [-0.39, 0.29) is 18.9 Å². The van der Waals surface area contributed by atoms with E-state index in [9.17, 15) is 13.2 Å². The average Bonchev–Trinajstić information content (AvgIpc) is 2.50. The molecule has 25 heavy (non-hydrogen) atoms. The van der Waals surface area contributed by atoms with Gasteiger partial charge >= 0.3 is 0 Å². The molecule has 1 aromatic carbocycles. The molecule has 0 heterocycles. The predicted molar refractivity (Wildman–Crippen MR) is 101 cm³/mol. The first-order valence-electron chi connectivity index (χ1n) is 8.77. The van der Waals surface area contributed by atoms with Crippen LogP contribution in [0.4, 0.5) is 0 Å². The molecule has 0 saturated heterocycles. The molecule has 0 unspecified atom stereocenters. The van der Waals surface area contributed by atoms with E-state index in [0.29, 0.717) is 22.6 Å². The number of likely N-dealkylation sites (N-methyl/N-ethyl adjacent to an activating group) is 1. The molecule has 6 nitrogen and oxygen atoms in total. The highest BCUT2D eigenvalue weighted by Gasteiger charge is 2.19. The smallest absolute Gasteiger partial charge is 0.241 e. The first-order valence-corrected chi connectivity index (χ1v) is 10.3. The molecule has 0 atom stereocenters. The third kappa shape index (κ3) is 6.76. The van der Waals surface area contributed by atoms with Gasteiger partial charge in [0.1, 0.15) is 0 Å². The summed E-state index contributed by atoms with van der Waals surface area (Å²) in [5.41, 5.74) is 2.46. The minimum Gasteiger partial charge on any atom is -0.355 e. The summed E-state index contributed by atoms with van der Waals surface area (Å²) in [6, 6.07) is 3.70. The van der Waals surface area contributed by atoms with Crippen LogP contribution in [0.25, 0.3) is 0 Å². The third-order valence-electron chi connectivity index (χ3n) is 4.16. The number of sulfonamides is 1. The second-order valence-electron chi connectivity index (χ2n) is 6.25. The van der Waals surface area contributed by atoms with Crippen LogP contribution in [-0.2, 0) is 14.8 Å². The largest absolute Gasteiger partial charge is 0.355 e. The van der Waals surface area contributed by atoms with Crippen LogP contribution < -0.4 is 10.0 Å². The Morgan fingerprint density at radius 1 is 1.04 bits per heavy atom. The lowest BCUT2D eigenvalue weighted by molar-refractivity contribution is -0.120. The first kappa shape index (κ1) is 21.6. The number of hydrogen-bond acceptors (Lipinski definition) is 4. The standard InChI is InChI=1S/C18H31N3O3S/c1-6-21(7-2)11-10-19-17(22)8-9-20-25(23,24)18-15(4)12-14(3)13-16(18)5/h12-13,20H,6-11H2,1-5H3,(H,19,22). The fourth-order valence-electron chi connectivity index (χ4n) is 2.94. The van der Waals surface area contributed by atoms with E-state index in [4.69, 9.17) is 0 Å². The van der Waals surface area contributed by atoms with Gasteiger partial charge in [-0.05, 0) is 45.0 Å². The third-order valence-corrected chi connectivity index (χ3v) is 5.93. The van der Waals surface area contributed by atoms with E-state index in [1.807, 2.05) is 19.1 Å². The predicted octanol–water partition coefficient (Wildman–Crippen LogP) is 1.74. The number of carbonyl (C=O) groups excluding carboxylic acids is 1. The number of nitrogens with one attached hydrogen (secondary N) is 2. The Balaban J connectivity index is 2.51. The van der Waals surface area contributed by atoms with Crippen molar-refractivity contribution < 1.29 is 13.2 Å². The minimum absolute atomic E-state index is 0.0895. The van der Waals surface area contributed by atoms with Crippen LogP contribution in [0.5, 0.6) is 0 Å². The molecular weight excluding hydrogens is 338 g/mol. The Labute approximate surface area is 152 Å². The second kappa shape index (κ2) is 9.89. The van der Waals surface area contributed by atoms with Crippen molar-refractivity contribution in [1.29, 1.82) is 0 Å². The topological polar surface area (TPSA) is 78.5 Å². The molecule has 0 aliphatic carbocycles. The van der Waals surface area contributed by atoms with E-state index in [0.717, 1.165) is 25.2 Å². The van der Waals surface area contributed by atoms with Gasteiger partial charge < -0.3 is 10.2 Å². The zero-order chi connectivity index (χ0) is 19.0. The van der Waals surface area contributed by atoms with Crippen molar-refractivity contribution in [2.45, 2.75) is 45.9 Å². The summed E-state index contributed by atoms with van der Waals surface area (Å²) in [4.78, 5) is 14.4. The number of hydrogen-bond donors (Lipinski definition) is 2. The van der Waals surface area contributed by atoms with Gasteiger partial charge in [-0.15, -0.1) is 0 Å². The van der Waals surface area contributed by atoms with E-state index < -0.39 is 10.0 Å². The molecule has 0 aliphatic heterocycles. The SMILES string of the molecule is CCN(CC)CCNC(=O)CCNS(=O)(=O)c1c(C)cc(C)cc1C. The molecule has 7 heteroatoms. The van der Waals surface area contributed by atoms with Gasteiger partial charge in [0.05, 0.1) is 4.90 Å². The number of benzene rings is 1. The maximum absolute atomic E-state index is 12.5. The molecule has 0 aliphatic rings. The van der Waals surface area contributed by atoms with Crippen molar-refractivity contribution in [3.8, 4) is 0 Å². The van der Waals surface area contributed by atoms with Crippen molar-refractivity contribution in [2.24, 2.45) is 0 Å². The number of amides is 1. The summed E-state index contributed by atoms with van der Waals surface area (Å²) < 4.78 is 27.5. The van der Waals surface area contributed by atoms with Gasteiger partial charge in [-0.25, -0.2) is 13.1 Å². The van der Waals surface area contributed by atoms with E-state index in [2.05, 4.69) is 28.8 Å². The Bertz CT molecular complexity index is 660. The number of rotatable bonds is 10. The van der Waals surface area contributed by atoms with Crippen LogP contribution in [0.3, 0.4) is 0 Å². The van der Waals surface area contributed by atoms with E-state index in [1.165, 1.54) is 0 Å². The van der Waals surface area contributed by atoms with Gasteiger partial charge in [0, 0.05) is 26.1 Å². The maximum Gasteiger partial charge on any atom is 0.241 e. The van der Waals surface area contributed by atoms with Crippen LogP contribution in [-0.4, -0.2) is 51.9 Å². The van der Waals surface area contributed by atoms with Crippen LogP contribution in [0, 0.1) is 20.8 Å². The summed E-state index contributed by atoms with van der Waals surface area (Å²) in [5.74, 6) is -0.146. The molecule has 2 N–H and O–H groups in total. The van der Waals surface area contributed by atoms with Crippen LogP contribution >= 0.6 is 0 Å². The Kier molecular flexibility index (Phi) is 8.55. The van der Waals surface area contributed by atoms with Gasteiger partial charge in [-0.3, -0.25) is 4.79 Å². The molecular formula is C18H31N3O3S. The zero-order valence-electron chi connectivity index (χ0n) is 16.0. The fourth-order valence-corrected chi connectivity index (χ4v) is 4.42. The minimum atomic E-state index is -3.61. The highest BCUT2D eigenvalue weighted by molar-refractivity contribution is 7.89. The number of nitrogens with zero attached hydrogens (tertiary/aromatic N) is 1. The molecule has 0 aromatic heterocycles. The highest BCUT2D eigenvalue weighted by Crippen LogP contribution is 2.21. The van der Waals surface area contributed by atoms with Crippen molar-refractivity contribution in [3.05, 3.63) is 28.8 Å². The van der Waals surface area contributed by atoms with Crippen molar-refractivity contribution >= 4 is 15.9 Å². The van der Waals surface area contributed by atoms with Gasteiger partial charge in [0.15, 0.2) is 0 Å². The lowest BCUT2D eigenvalue weighted by Gasteiger charge is -2.18. The van der Waals surface area contributed by atoms with Crippen molar-refractivity contribution in [2.75, 3.05) is 32.7 Å². The van der Waals surface area contributed by atoms with Crippen LogP contribution in [0.1, 0.15) is 37.0 Å². The lowest BCUT2D eigenvalue weighted by atomic mass is 10.1. The summed E-state index contributed by atoms with van der Waals surface area (Å²) in [7, 11) is -3.61. The molecule has 0 radical (unpaired) electrons. The first-order chi connectivity index (χ1) is 11.7. The Morgan fingerprint density at radius 2 is 1.60 bits per heavy atom. The zero-order valence-corrected chi connectivity index (χ0v) is 16.8. The van der Waals surface area contributed by atoms with Crippen LogP contribution in [0.2, 0.25) is 0 Å². The number of aryl methyl sites for hydroxylation is 3. The molecule has 1 amide bonds. The van der Waals surface area contributed by atoms with Gasteiger partial charge in [0.25, 0.3) is 0 Å². The molecule has 0 saturated carbocycles. The quantitative estimate of drug-likeness (QED) is 0.658. The van der Waals surface area contributed by atoms with Crippen LogP contribution in [0.15, 0.2) is 17.0 Å². The molecule has 0 bridgehead atoms. The molecule has 0 spiro atoms. The summed E-state index contributed by atoms with van der Waals surface area (Å²) >= 11 is 0. The molecule has 142 valence electrons. The monoisotopic (exact) mass is 369 g/mol. The van der Waals surface area contributed by atoms with Gasteiger partial charge in [-0.1, -0.05) is 31.5 Å². The van der Waals surface area contributed by atoms with E-state index >= 15 is 0 Å². The molecule has 0 fully saturated rings. The fraction of sp³-hybridized carbons (Fsp3) is 0.611. The Morgan fingerprint density at radius 3 is 2.12 bits per heavy atom. The maximum atomic E-state index is 12.5. The van der Waals surface area contributed by atoms with Gasteiger partial charge in [-0.2, -0.15) is 0 Å². The summed E-state index contributed by atoms with van der Waals surface area (Å²) in [6.45, 7) is 13.0.